The third-order valence-electron chi connectivity index (χ3n) is 4.81. The van der Waals surface area contributed by atoms with Gasteiger partial charge in [0.15, 0.2) is 16.7 Å². The average molecular weight is 432 g/mol. The van der Waals surface area contributed by atoms with Gasteiger partial charge in [0.05, 0.1) is 43.9 Å². The van der Waals surface area contributed by atoms with Crippen LogP contribution < -0.4 is 14.2 Å². The van der Waals surface area contributed by atoms with E-state index >= 15 is 0 Å². The van der Waals surface area contributed by atoms with Crippen molar-refractivity contribution in [3.8, 4) is 17.2 Å². The fourth-order valence-electron chi connectivity index (χ4n) is 3.45. The average Bonchev–Trinajstić information content (AvgIpc) is 3.02. The molecule has 1 amide bonds. The Balaban J connectivity index is 2.21. The summed E-state index contributed by atoms with van der Waals surface area (Å²) in [4.78, 5) is 32.0. The van der Waals surface area contributed by atoms with Crippen LogP contribution in [0.2, 0.25) is 0 Å². The van der Waals surface area contributed by atoms with Gasteiger partial charge in [-0.1, -0.05) is 24.4 Å². The fraction of sp³-hybridized carbons (Fsp3) is 0.381. The predicted molar refractivity (Wildman–Crippen MR) is 114 cm³/mol. The maximum absolute atomic E-state index is 13.0. The van der Waals surface area contributed by atoms with Crippen molar-refractivity contribution in [2.75, 3.05) is 27.9 Å². The van der Waals surface area contributed by atoms with Crippen molar-refractivity contribution >= 4 is 28.8 Å². The van der Waals surface area contributed by atoms with Crippen LogP contribution in [0.15, 0.2) is 41.1 Å². The van der Waals surface area contributed by atoms with Gasteiger partial charge in [0.1, 0.15) is 6.61 Å². The molecule has 8 nitrogen and oxygen atoms in total. The van der Waals surface area contributed by atoms with Crippen LogP contribution in [-0.2, 0) is 14.3 Å². The van der Waals surface area contributed by atoms with Crippen molar-refractivity contribution in [3.63, 3.8) is 0 Å². The van der Waals surface area contributed by atoms with Crippen molar-refractivity contribution in [1.29, 1.82) is 0 Å². The molecule has 1 aromatic rings. The minimum atomic E-state index is -0.742. The van der Waals surface area contributed by atoms with Gasteiger partial charge in [0.2, 0.25) is 11.7 Å². The van der Waals surface area contributed by atoms with E-state index in [1.807, 2.05) is 6.92 Å². The Kier molecular flexibility index (Phi) is 6.40. The first kappa shape index (κ1) is 21.8. The van der Waals surface area contributed by atoms with E-state index in [0.29, 0.717) is 33.7 Å². The number of esters is 1. The van der Waals surface area contributed by atoms with Crippen molar-refractivity contribution in [2.45, 2.75) is 25.1 Å². The molecule has 0 bridgehead atoms. The number of allylic oxidation sites excluding steroid dienone is 1. The molecule has 0 N–H and O–H groups in total. The molecule has 0 aliphatic carbocycles. The van der Waals surface area contributed by atoms with E-state index in [4.69, 9.17) is 18.9 Å². The van der Waals surface area contributed by atoms with E-state index in [1.54, 1.807) is 19.1 Å². The number of methoxy groups -OCH3 is 3. The minimum absolute atomic E-state index is 0.0489. The summed E-state index contributed by atoms with van der Waals surface area (Å²) in [6.45, 7) is 7.17. The second-order valence-electron chi connectivity index (χ2n) is 6.61. The van der Waals surface area contributed by atoms with Crippen LogP contribution in [0, 0.1) is 0 Å². The fourth-order valence-corrected chi connectivity index (χ4v) is 4.48. The molecule has 0 spiro atoms. The molecule has 0 saturated carbocycles. The lowest BCUT2D eigenvalue weighted by Gasteiger charge is -2.33. The van der Waals surface area contributed by atoms with Gasteiger partial charge >= 0.3 is 5.97 Å². The van der Waals surface area contributed by atoms with E-state index in [2.05, 4.69) is 11.6 Å². The van der Waals surface area contributed by atoms with Crippen molar-refractivity contribution < 1.29 is 28.5 Å². The lowest BCUT2D eigenvalue weighted by atomic mass is 9.93. The number of carbonyl (C=O) groups excluding carboxylic acids is 2. The Morgan fingerprint density at radius 2 is 1.87 bits per heavy atom. The summed E-state index contributed by atoms with van der Waals surface area (Å²) in [5.74, 6) is 0.546. The summed E-state index contributed by atoms with van der Waals surface area (Å²) < 4.78 is 21.6. The zero-order valence-corrected chi connectivity index (χ0v) is 18.4. The van der Waals surface area contributed by atoms with Crippen LogP contribution in [0.4, 0.5) is 0 Å². The normalized spacial score (nSPS) is 20.5. The molecule has 1 saturated heterocycles. The third kappa shape index (κ3) is 3.65. The molecule has 2 aliphatic rings. The quantitative estimate of drug-likeness (QED) is 0.483. The number of fused-ring (bicyclic) bond motifs is 1. The molecule has 1 fully saturated rings. The lowest BCUT2D eigenvalue weighted by molar-refractivity contribution is -0.139. The highest BCUT2D eigenvalue weighted by Gasteiger charge is 2.46. The van der Waals surface area contributed by atoms with E-state index in [9.17, 15) is 9.59 Å². The zero-order valence-electron chi connectivity index (χ0n) is 17.6. The molecule has 1 aromatic carbocycles. The Hall–Kier alpha value is -2.94. The van der Waals surface area contributed by atoms with Gasteiger partial charge in [0, 0.05) is 0 Å². The molecule has 9 heteroatoms. The molecular weight excluding hydrogens is 408 g/mol. The first-order valence-electron chi connectivity index (χ1n) is 9.25. The van der Waals surface area contributed by atoms with E-state index in [1.165, 1.54) is 44.1 Å². The monoisotopic (exact) mass is 432 g/mol. The number of carbonyl (C=O) groups is 2. The van der Waals surface area contributed by atoms with Crippen LogP contribution in [0.3, 0.4) is 0 Å². The molecule has 2 atom stereocenters. The maximum Gasteiger partial charge on any atom is 0.338 e. The Bertz CT molecular complexity index is 930. The Labute approximate surface area is 179 Å². The van der Waals surface area contributed by atoms with Crippen molar-refractivity contribution in [1.82, 2.24) is 4.90 Å². The van der Waals surface area contributed by atoms with Crippen molar-refractivity contribution in [2.24, 2.45) is 4.99 Å². The SMILES string of the molecule is C=CCOC(=O)C1=C(C)N=C2SC(C)C(=O)N2C1c1cc(OC)c(OC)c(OC)c1. The van der Waals surface area contributed by atoms with E-state index in [-0.39, 0.29) is 23.3 Å². The molecule has 160 valence electrons. The number of thioether (sulfide) groups is 1. The summed E-state index contributed by atoms with van der Waals surface area (Å²) >= 11 is 1.36. The topological polar surface area (TPSA) is 86.7 Å². The molecular formula is C21H24N2O6S. The minimum Gasteiger partial charge on any atom is -0.493 e. The van der Waals surface area contributed by atoms with Gasteiger partial charge in [-0.15, -0.1) is 0 Å². The third-order valence-corrected chi connectivity index (χ3v) is 5.87. The zero-order chi connectivity index (χ0) is 22.0. The van der Waals surface area contributed by atoms with Gasteiger partial charge in [0.25, 0.3) is 0 Å². The highest BCUT2D eigenvalue weighted by Crippen LogP contribution is 2.47. The second-order valence-corrected chi connectivity index (χ2v) is 7.92. The number of amides is 1. The summed E-state index contributed by atoms with van der Waals surface area (Å²) in [7, 11) is 4.53. The number of rotatable bonds is 7. The Morgan fingerprint density at radius 1 is 1.23 bits per heavy atom. The number of aliphatic imine (C=N–C) groups is 1. The molecule has 0 radical (unpaired) electrons. The number of benzene rings is 1. The number of ether oxygens (including phenoxy) is 4. The standard InChI is InChI=1S/C21H24N2O6S/c1-7-8-29-20(25)16-11(2)22-21-23(19(24)12(3)30-21)17(16)13-9-14(26-4)18(28-6)15(10-13)27-5/h7,9-10,12,17H,1,8H2,2-6H3. The molecule has 2 aliphatic heterocycles. The van der Waals surface area contributed by atoms with Crippen molar-refractivity contribution in [3.05, 3.63) is 41.6 Å². The smallest absolute Gasteiger partial charge is 0.338 e. The highest BCUT2D eigenvalue weighted by atomic mass is 32.2. The molecule has 2 heterocycles. The highest BCUT2D eigenvalue weighted by molar-refractivity contribution is 8.15. The molecule has 3 rings (SSSR count). The summed E-state index contributed by atoms with van der Waals surface area (Å²) in [5.41, 5.74) is 1.38. The van der Waals surface area contributed by atoms with Gasteiger partial charge in [-0.05, 0) is 31.5 Å². The molecule has 0 aromatic heterocycles. The van der Waals surface area contributed by atoms with Gasteiger partial charge < -0.3 is 18.9 Å². The summed E-state index contributed by atoms with van der Waals surface area (Å²) in [6, 6.07) is 2.71. The lowest BCUT2D eigenvalue weighted by Crippen LogP contribution is -2.40. The van der Waals surface area contributed by atoms with Crippen LogP contribution >= 0.6 is 11.8 Å². The van der Waals surface area contributed by atoms with Crippen LogP contribution in [0.5, 0.6) is 17.2 Å². The number of hydrogen-bond donors (Lipinski definition) is 0. The van der Waals surface area contributed by atoms with Crippen LogP contribution in [-0.4, -0.2) is 55.1 Å². The summed E-state index contributed by atoms with van der Waals surface area (Å²) in [5, 5.41) is 0.230. The van der Waals surface area contributed by atoms with Gasteiger partial charge in [-0.25, -0.2) is 9.79 Å². The van der Waals surface area contributed by atoms with Gasteiger partial charge in [-0.3, -0.25) is 9.69 Å². The van der Waals surface area contributed by atoms with E-state index in [0.717, 1.165) is 0 Å². The summed E-state index contributed by atoms with van der Waals surface area (Å²) in [6.07, 6.45) is 1.48. The van der Waals surface area contributed by atoms with Gasteiger partial charge in [-0.2, -0.15) is 0 Å². The first-order chi connectivity index (χ1) is 14.4. The number of nitrogens with zero attached hydrogens (tertiary/aromatic N) is 2. The van der Waals surface area contributed by atoms with Crippen LogP contribution in [0.1, 0.15) is 25.5 Å². The maximum atomic E-state index is 13.0. The first-order valence-corrected chi connectivity index (χ1v) is 10.1. The predicted octanol–water partition coefficient (Wildman–Crippen LogP) is 3.09. The van der Waals surface area contributed by atoms with Crippen LogP contribution in [0.25, 0.3) is 0 Å². The number of amidine groups is 1. The number of hydrogen-bond acceptors (Lipinski definition) is 8. The molecule has 2 unspecified atom stereocenters. The molecule has 30 heavy (non-hydrogen) atoms. The Morgan fingerprint density at radius 3 is 2.40 bits per heavy atom. The van der Waals surface area contributed by atoms with E-state index < -0.39 is 12.0 Å². The second kappa shape index (κ2) is 8.83. The largest absolute Gasteiger partial charge is 0.493 e.